The first-order valence-electron chi connectivity index (χ1n) is 14.7. The number of esters is 1. The molecule has 1 amide bonds. The molecular weight excluding hydrogens is 559 g/mol. The average Bonchev–Trinajstić information content (AvgIpc) is 3.45. The molecule has 4 rings (SSSR count). The topological polar surface area (TPSA) is 113 Å². The second-order valence-corrected chi connectivity index (χ2v) is 14.8. The third kappa shape index (κ3) is 5.71. The molecule has 2 bridgehead atoms. The van der Waals surface area contributed by atoms with Crippen molar-refractivity contribution in [2.24, 2.45) is 39.9 Å². The summed E-state index contributed by atoms with van der Waals surface area (Å²) in [7, 11) is 0. The first-order valence-corrected chi connectivity index (χ1v) is 15.7. The van der Waals surface area contributed by atoms with E-state index in [2.05, 4.69) is 20.4 Å². The second-order valence-electron chi connectivity index (χ2n) is 13.5. The van der Waals surface area contributed by atoms with Crippen LogP contribution in [-0.4, -0.2) is 69.9 Å². The molecule has 11 atom stereocenters. The Bertz CT molecular complexity index is 1060. The molecule has 0 aromatic heterocycles. The summed E-state index contributed by atoms with van der Waals surface area (Å²) in [6, 6.07) is 0. The third-order valence-electron chi connectivity index (χ3n) is 11.4. The van der Waals surface area contributed by atoms with Crippen molar-refractivity contribution < 1.29 is 42.5 Å². The van der Waals surface area contributed by atoms with Gasteiger partial charge in [0.25, 0.3) is 0 Å². The zero-order chi connectivity index (χ0) is 30.5. The zero-order valence-corrected chi connectivity index (χ0v) is 25.2. The Morgan fingerprint density at radius 2 is 1.88 bits per heavy atom. The van der Waals surface area contributed by atoms with Crippen LogP contribution in [0.4, 0.5) is 13.2 Å². The van der Waals surface area contributed by atoms with Crippen molar-refractivity contribution in [3.63, 3.8) is 0 Å². The van der Waals surface area contributed by atoms with Gasteiger partial charge < -0.3 is 20.3 Å². The number of halogens is 3. The first kappa shape index (κ1) is 32.3. The number of Topliss-reactive ketones (excluding diaryl/α,β-unsaturated/α-hetero) is 1. The predicted molar refractivity (Wildman–Crippen MR) is 149 cm³/mol. The van der Waals surface area contributed by atoms with E-state index in [0.717, 1.165) is 12.8 Å². The number of carbonyl (C=O) groups excluding carboxylic acids is 3. The number of rotatable bonds is 7. The second kappa shape index (κ2) is 11.5. The molecule has 0 aromatic carbocycles. The molecule has 4 fully saturated rings. The van der Waals surface area contributed by atoms with E-state index in [4.69, 9.17) is 4.74 Å². The van der Waals surface area contributed by atoms with Crippen molar-refractivity contribution in [2.75, 3.05) is 12.3 Å². The number of thioether (sulfide) groups is 1. The molecule has 232 valence electrons. The van der Waals surface area contributed by atoms with Crippen molar-refractivity contribution >= 4 is 29.4 Å². The standard InChI is InChI=1S/C30H44F3NO6S/c1-6-27(4)13-22(28(5)16(2)7-9-29(17(3)25(27)38)10-8-19(35)24(28)29)40-23(37)15-41-21-12-18(11-20(21)36)14-34-26(39)30(31,32)33/h6,16-18,20-22,24-25,36,38H,1,7-15H2,2-5H3,(H,34,39)/t16?,17-,18-,20+,21+,22+,24-,25?,27+,28-,29?/m0/s1. The van der Waals surface area contributed by atoms with E-state index in [1.807, 2.05) is 19.2 Å². The van der Waals surface area contributed by atoms with Gasteiger partial charge in [0, 0.05) is 35.0 Å². The fraction of sp³-hybridized carbons (Fsp3) is 0.833. The summed E-state index contributed by atoms with van der Waals surface area (Å²) in [5, 5.41) is 23.6. The number of alkyl halides is 3. The normalized spacial score (nSPS) is 44.5. The monoisotopic (exact) mass is 603 g/mol. The van der Waals surface area contributed by atoms with Crippen LogP contribution in [0.3, 0.4) is 0 Å². The number of nitrogens with one attached hydrogen (secondary N) is 1. The maximum absolute atomic E-state index is 13.5. The quantitative estimate of drug-likeness (QED) is 0.291. The van der Waals surface area contributed by atoms with Gasteiger partial charge in [-0.25, -0.2) is 0 Å². The van der Waals surface area contributed by atoms with E-state index in [1.165, 1.54) is 11.8 Å². The highest BCUT2D eigenvalue weighted by Gasteiger charge is 2.68. The van der Waals surface area contributed by atoms with Gasteiger partial charge in [-0.15, -0.1) is 18.3 Å². The van der Waals surface area contributed by atoms with Crippen LogP contribution in [0.15, 0.2) is 12.7 Å². The summed E-state index contributed by atoms with van der Waals surface area (Å²) in [6.45, 7) is 12.0. The molecule has 7 nitrogen and oxygen atoms in total. The van der Waals surface area contributed by atoms with E-state index in [1.54, 1.807) is 6.08 Å². The summed E-state index contributed by atoms with van der Waals surface area (Å²) in [5.41, 5.74) is -1.74. The van der Waals surface area contributed by atoms with Crippen molar-refractivity contribution in [3.05, 3.63) is 12.7 Å². The Morgan fingerprint density at radius 1 is 1.20 bits per heavy atom. The molecule has 4 aliphatic rings. The molecule has 0 spiro atoms. The number of ketones is 1. The largest absolute Gasteiger partial charge is 0.471 e. The summed E-state index contributed by atoms with van der Waals surface area (Å²) in [5.74, 6) is -3.08. The molecule has 0 saturated heterocycles. The highest BCUT2D eigenvalue weighted by molar-refractivity contribution is 8.00. The number of aliphatic hydroxyl groups excluding tert-OH is 2. The minimum absolute atomic E-state index is 0.0716. The Morgan fingerprint density at radius 3 is 2.51 bits per heavy atom. The van der Waals surface area contributed by atoms with E-state index < -0.39 is 47.2 Å². The van der Waals surface area contributed by atoms with Crippen molar-refractivity contribution in [3.8, 4) is 0 Å². The predicted octanol–water partition coefficient (Wildman–Crippen LogP) is 4.44. The van der Waals surface area contributed by atoms with Crippen molar-refractivity contribution in [1.29, 1.82) is 0 Å². The van der Waals surface area contributed by atoms with Crippen LogP contribution in [0, 0.1) is 39.9 Å². The van der Waals surface area contributed by atoms with Crippen LogP contribution in [0.5, 0.6) is 0 Å². The van der Waals surface area contributed by atoms with E-state index in [-0.39, 0.29) is 58.8 Å². The molecule has 41 heavy (non-hydrogen) atoms. The molecule has 11 heteroatoms. The number of hydrogen-bond donors (Lipinski definition) is 3. The van der Waals surface area contributed by atoms with Gasteiger partial charge in [0.15, 0.2) is 0 Å². The minimum Gasteiger partial charge on any atom is -0.461 e. The Labute approximate surface area is 244 Å². The maximum atomic E-state index is 13.5. The lowest BCUT2D eigenvalue weighted by molar-refractivity contribution is -0.205. The molecule has 0 heterocycles. The third-order valence-corrected chi connectivity index (χ3v) is 12.7. The van der Waals surface area contributed by atoms with Gasteiger partial charge in [0.2, 0.25) is 0 Å². The summed E-state index contributed by atoms with van der Waals surface area (Å²) in [6.07, 6.45) is -1.66. The molecule has 0 aliphatic heterocycles. The maximum Gasteiger partial charge on any atom is 0.471 e. The number of aliphatic hydroxyl groups is 2. The molecular formula is C30H44F3NO6S. The van der Waals surface area contributed by atoms with Crippen LogP contribution < -0.4 is 5.32 Å². The summed E-state index contributed by atoms with van der Waals surface area (Å²) >= 11 is 1.19. The fourth-order valence-electron chi connectivity index (χ4n) is 8.63. The molecule has 4 saturated carbocycles. The van der Waals surface area contributed by atoms with Gasteiger partial charge in [-0.2, -0.15) is 13.2 Å². The van der Waals surface area contributed by atoms with Crippen LogP contribution in [0.1, 0.15) is 72.6 Å². The van der Waals surface area contributed by atoms with Gasteiger partial charge in [-0.3, -0.25) is 14.4 Å². The Hall–Kier alpha value is -1.59. The van der Waals surface area contributed by atoms with Gasteiger partial charge in [0.05, 0.1) is 18.0 Å². The summed E-state index contributed by atoms with van der Waals surface area (Å²) < 4.78 is 43.7. The minimum atomic E-state index is -4.96. The Balaban J connectivity index is 1.48. The Kier molecular flexibility index (Phi) is 9.06. The number of hydrogen-bond acceptors (Lipinski definition) is 7. The number of carbonyl (C=O) groups is 3. The van der Waals surface area contributed by atoms with Gasteiger partial charge in [-0.05, 0) is 61.7 Å². The summed E-state index contributed by atoms with van der Waals surface area (Å²) in [4.78, 5) is 38.0. The van der Waals surface area contributed by atoms with E-state index >= 15 is 0 Å². The van der Waals surface area contributed by atoms with Crippen molar-refractivity contribution in [2.45, 2.75) is 102 Å². The SMILES string of the molecule is C=C[C@]1(C)C[C@@H](OC(=O)CS[C@@H]2C[C@@H](CNC(=O)C(F)(F)F)C[C@H]2O)[C@]2(C)C(C)CCC3(CCC(=O)[C@H]32)[C@@H](C)C1O. The van der Waals surface area contributed by atoms with Crippen molar-refractivity contribution in [1.82, 2.24) is 5.32 Å². The van der Waals surface area contributed by atoms with Gasteiger partial charge in [-0.1, -0.05) is 33.8 Å². The van der Waals surface area contributed by atoms with E-state index in [9.17, 15) is 37.8 Å². The number of amides is 1. The highest BCUT2D eigenvalue weighted by atomic mass is 32.2. The van der Waals surface area contributed by atoms with Gasteiger partial charge in [0.1, 0.15) is 11.9 Å². The zero-order valence-electron chi connectivity index (χ0n) is 24.3. The van der Waals surface area contributed by atoms with Crippen LogP contribution in [0.25, 0.3) is 0 Å². The lowest BCUT2D eigenvalue weighted by Gasteiger charge is -2.61. The lowest BCUT2D eigenvalue weighted by Crippen LogP contribution is -2.63. The van der Waals surface area contributed by atoms with E-state index in [0.29, 0.717) is 25.7 Å². The first-order chi connectivity index (χ1) is 19.0. The van der Waals surface area contributed by atoms with Crippen LogP contribution in [0.2, 0.25) is 0 Å². The number of ether oxygens (including phenoxy) is 1. The molecule has 3 unspecified atom stereocenters. The molecule has 4 aliphatic carbocycles. The van der Waals surface area contributed by atoms with Crippen LogP contribution >= 0.6 is 11.8 Å². The highest BCUT2D eigenvalue weighted by Crippen LogP contribution is 2.68. The smallest absolute Gasteiger partial charge is 0.461 e. The van der Waals surface area contributed by atoms with Crippen LogP contribution in [-0.2, 0) is 19.1 Å². The molecule has 3 N–H and O–H groups in total. The molecule has 0 radical (unpaired) electrons. The average molecular weight is 604 g/mol. The fourth-order valence-corrected chi connectivity index (χ4v) is 9.79. The lowest BCUT2D eigenvalue weighted by atomic mass is 9.44. The molecule has 0 aromatic rings. The van der Waals surface area contributed by atoms with Gasteiger partial charge >= 0.3 is 18.1 Å².